The van der Waals surface area contributed by atoms with E-state index in [1.165, 1.54) is 36.0 Å². The Hall–Kier alpha value is -1.50. The van der Waals surface area contributed by atoms with Gasteiger partial charge in [0.15, 0.2) is 0 Å². The minimum absolute atomic E-state index is 0.688. The van der Waals surface area contributed by atoms with Crippen LogP contribution in [0.25, 0.3) is 0 Å². The molecular weight excluding hydrogens is 256 g/mol. The van der Waals surface area contributed by atoms with Crippen LogP contribution in [-0.4, -0.2) is 5.11 Å². The summed E-state index contributed by atoms with van der Waals surface area (Å²) in [6.07, 6.45) is 15.4. The summed E-state index contributed by atoms with van der Waals surface area (Å²) in [6.45, 7) is 12.5. The summed E-state index contributed by atoms with van der Waals surface area (Å²) in [7, 11) is 0. The van der Waals surface area contributed by atoms with Gasteiger partial charge in [0.25, 0.3) is 0 Å². The third-order valence-electron chi connectivity index (χ3n) is 3.66. The molecule has 1 aliphatic rings. The van der Waals surface area contributed by atoms with E-state index in [0.717, 1.165) is 11.8 Å². The summed E-state index contributed by atoms with van der Waals surface area (Å²) in [5.74, 6) is 0.688. The summed E-state index contributed by atoms with van der Waals surface area (Å²) < 4.78 is 0. The summed E-state index contributed by atoms with van der Waals surface area (Å²) >= 11 is 0. The Bertz CT molecular complexity index is 444. The van der Waals surface area contributed by atoms with Crippen molar-refractivity contribution >= 4 is 0 Å². The molecule has 1 atom stereocenters. The minimum atomic E-state index is 0.688. The molecule has 1 unspecified atom stereocenters. The Morgan fingerprint density at radius 3 is 2.38 bits per heavy atom. The lowest BCUT2D eigenvalue weighted by atomic mass is 9.84. The predicted molar refractivity (Wildman–Crippen MR) is 95.5 cm³/mol. The van der Waals surface area contributed by atoms with Crippen molar-refractivity contribution in [3.8, 4) is 0 Å². The molecule has 0 spiro atoms. The van der Waals surface area contributed by atoms with Crippen LogP contribution in [-0.2, 0) is 0 Å². The summed E-state index contributed by atoms with van der Waals surface area (Å²) in [6, 6.07) is 0. The van der Waals surface area contributed by atoms with Gasteiger partial charge in [0, 0.05) is 0 Å². The lowest BCUT2D eigenvalue weighted by Crippen LogP contribution is -2.06. The van der Waals surface area contributed by atoms with Gasteiger partial charge in [-0.3, -0.25) is 0 Å². The minimum Gasteiger partial charge on any atom is -0.515 e. The van der Waals surface area contributed by atoms with Crippen LogP contribution in [0, 0.1) is 5.92 Å². The molecule has 0 saturated carbocycles. The molecule has 0 heterocycles. The maximum Gasteiger partial charge on any atom is 0.0820 e. The highest BCUT2D eigenvalue weighted by Crippen LogP contribution is 2.30. The lowest BCUT2D eigenvalue weighted by Gasteiger charge is -2.22. The smallest absolute Gasteiger partial charge is 0.0820 e. The molecule has 0 aromatic rings. The van der Waals surface area contributed by atoms with Crippen molar-refractivity contribution in [2.75, 3.05) is 0 Å². The van der Waals surface area contributed by atoms with E-state index in [1.54, 1.807) is 0 Å². The molecule has 21 heavy (non-hydrogen) atoms. The molecule has 0 amide bonds. The zero-order valence-electron chi connectivity index (χ0n) is 14.6. The standard InChI is InChI=1S/C18H26O.C2H6/c1-14(7-5-8-15(2)13-19)11-12-18-16(3)9-6-10-17(18)4;1-2/h5,7-8,11-13,16,19H,6,9-10H2,1-4H3;1-2H3/b8-5-,12-11+,14-7+,15-13+;. The first-order valence-electron chi connectivity index (χ1n) is 8.08. The van der Waals surface area contributed by atoms with Crippen molar-refractivity contribution < 1.29 is 5.11 Å². The van der Waals surface area contributed by atoms with Crippen LogP contribution in [0.2, 0.25) is 0 Å². The van der Waals surface area contributed by atoms with Crippen LogP contribution in [0.3, 0.4) is 0 Å². The average molecular weight is 288 g/mol. The van der Waals surface area contributed by atoms with Crippen LogP contribution in [0.1, 0.15) is 60.8 Å². The van der Waals surface area contributed by atoms with Crippen LogP contribution in [0.4, 0.5) is 0 Å². The van der Waals surface area contributed by atoms with Gasteiger partial charge in [-0.1, -0.05) is 62.3 Å². The Labute approximate surface area is 131 Å². The fraction of sp³-hybridized carbons (Fsp3) is 0.500. The van der Waals surface area contributed by atoms with Crippen molar-refractivity contribution in [2.45, 2.75) is 60.8 Å². The maximum atomic E-state index is 8.78. The van der Waals surface area contributed by atoms with E-state index in [4.69, 9.17) is 5.11 Å². The number of aliphatic hydroxyl groups excluding tert-OH is 1. The second-order valence-electron chi connectivity index (χ2n) is 5.51. The highest BCUT2D eigenvalue weighted by molar-refractivity contribution is 5.34. The molecule has 0 fully saturated rings. The zero-order valence-corrected chi connectivity index (χ0v) is 14.6. The molecule has 1 nitrogen and oxygen atoms in total. The van der Waals surface area contributed by atoms with E-state index < -0.39 is 0 Å². The molecular formula is C20H32O. The normalized spacial score (nSPS) is 21.0. The van der Waals surface area contributed by atoms with Gasteiger partial charge in [-0.2, -0.15) is 0 Å². The lowest BCUT2D eigenvalue weighted by molar-refractivity contribution is 0.469. The Balaban J connectivity index is 0.00000191. The van der Waals surface area contributed by atoms with Gasteiger partial charge in [-0.05, 0) is 57.1 Å². The van der Waals surface area contributed by atoms with Crippen LogP contribution < -0.4 is 0 Å². The molecule has 0 aromatic carbocycles. The van der Waals surface area contributed by atoms with Gasteiger partial charge < -0.3 is 5.11 Å². The van der Waals surface area contributed by atoms with E-state index in [1.807, 2.05) is 32.9 Å². The Morgan fingerprint density at radius 2 is 1.81 bits per heavy atom. The first kappa shape index (κ1) is 19.5. The van der Waals surface area contributed by atoms with E-state index in [0.29, 0.717) is 5.92 Å². The largest absolute Gasteiger partial charge is 0.515 e. The maximum absolute atomic E-state index is 8.78. The number of aliphatic hydroxyl groups is 1. The monoisotopic (exact) mass is 288 g/mol. The van der Waals surface area contributed by atoms with E-state index in [-0.39, 0.29) is 0 Å². The number of allylic oxidation sites excluding steroid dienone is 9. The molecule has 0 aromatic heterocycles. The zero-order chi connectivity index (χ0) is 16.3. The van der Waals surface area contributed by atoms with E-state index in [2.05, 4.69) is 39.0 Å². The number of hydrogen-bond donors (Lipinski definition) is 1. The van der Waals surface area contributed by atoms with Crippen LogP contribution in [0.15, 0.2) is 58.9 Å². The second-order valence-corrected chi connectivity index (χ2v) is 5.51. The van der Waals surface area contributed by atoms with Crippen molar-refractivity contribution in [1.82, 2.24) is 0 Å². The number of hydrogen-bond acceptors (Lipinski definition) is 1. The molecule has 0 radical (unpaired) electrons. The van der Waals surface area contributed by atoms with Crippen LogP contribution >= 0.6 is 0 Å². The fourth-order valence-electron chi connectivity index (χ4n) is 2.37. The number of rotatable bonds is 4. The third kappa shape index (κ3) is 7.75. The SMILES string of the molecule is CC.CC1=C(/C=C/C(C)=C/C=C\C(C)=C\O)C(C)CCC1. The molecule has 1 N–H and O–H groups in total. The van der Waals surface area contributed by atoms with E-state index in [9.17, 15) is 0 Å². The highest BCUT2D eigenvalue weighted by Gasteiger charge is 2.14. The van der Waals surface area contributed by atoms with Crippen LogP contribution in [0.5, 0.6) is 0 Å². The highest BCUT2D eigenvalue weighted by atomic mass is 16.2. The molecule has 0 aliphatic heterocycles. The van der Waals surface area contributed by atoms with Crippen molar-refractivity contribution in [2.24, 2.45) is 5.92 Å². The first-order valence-corrected chi connectivity index (χ1v) is 8.08. The molecule has 0 saturated heterocycles. The van der Waals surface area contributed by atoms with Crippen molar-refractivity contribution in [1.29, 1.82) is 0 Å². The molecule has 118 valence electrons. The van der Waals surface area contributed by atoms with Gasteiger partial charge in [-0.25, -0.2) is 0 Å². The second kappa shape index (κ2) is 11.2. The quantitative estimate of drug-likeness (QED) is 0.452. The molecule has 1 heteroatoms. The fourth-order valence-corrected chi connectivity index (χ4v) is 2.37. The molecule has 1 rings (SSSR count). The molecule has 1 aliphatic carbocycles. The van der Waals surface area contributed by atoms with Gasteiger partial charge in [-0.15, -0.1) is 0 Å². The Morgan fingerprint density at radius 1 is 1.14 bits per heavy atom. The van der Waals surface area contributed by atoms with Crippen molar-refractivity contribution in [3.63, 3.8) is 0 Å². The van der Waals surface area contributed by atoms with Gasteiger partial charge in [0.1, 0.15) is 0 Å². The van der Waals surface area contributed by atoms with Gasteiger partial charge in [0.2, 0.25) is 0 Å². The first-order chi connectivity index (χ1) is 10.0. The van der Waals surface area contributed by atoms with Gasteiger partial charge >= 0.3 is 0 Å². The summed E-state index contributed by atoms with van der Waals surface area (Å²) in [4.78, 5) is 0. The van der Waals surface area contributed by atoms with E-state index >= 15 is 0 Å². The third-order valence-corrected chi connectivity index (χ3v) is 3.66. The Kier molecular flexibility index (Phi) is 10.4. The average Bonchev–Trinajstić information content (AvgIpc) is 2.48. The topological polar surface area (TPSA) is 20.2 Å². The summed E-state index contributed by atoms with van der Waals surface area (Å²) in [5.41, 5.74) is 5.12. The van der Waals surface area contributed by atoms with Gasteiger partial charge in [0.05, 0.1) is 6.26 Å². The van der Waals surface area contributed by atoms with Crippen molar-refractivity contribution in [3.05, 3.63) is 58.9 Å². The molecule has 0 bridgehead atoms. The summed E-state index contributed by atoms with van der Waals surface area (Å²) in [5, 5.41) is 8.78. The predicted octanol–water partition coefficient (Wildman–Crippen LogP) is 6.67.